The molecule has 1 atom stereocenters. The van der Waals surface area contributed by atoms with Crippen molar-refractivity contribution in [1.82, 2.24) is 10.2 Å². The molecular weight excluding hydrogens is 266 g/mol. The van der Waals surface area contributed by atoms with E-state index in [1.54, 1.807) is 0 Å². The third-order valence-electron chi connectivity index (χ3n) is 3.41. The van der Waals surface area contributed by atoms with Crippen molar-refractivity contribution in [3.05, 3.63) is 42.0 Å². The number of benzene rings is 1. The van der Waals surface area contributed by atoms with Crippen molar-refractivity contribution in [2.24, 2.45) is 0 Å². The number of aryl methyl sites for hydroxylation is 1. The maximum atomic E-state index is 5.57. The van der Waals surface area contributed by atoms with Gasteiger partial charge in [0.25, 0.3) is 0 Å². The van der Waals surface area contributed by atoms with E-state index in [0.29, 0.717) is 26.4 Å². The highest BCUT2D eigenvalue weighted by Gasteiger charge is 2.14. The molecular formula is C16H19N3O2. The van der Waals surface area contributed by atoms with Gasteiger partial charge in [0.1, 0.15) is 5.82 Å². The van der Waals surface area contributed by atoms with Gasteiger partial charge in [-0.1, -0.05) is 29.8 Å². The first-order valence-electron chi connectivity index (χ1n) is 7.15. The van der Waals surface area contributed by atoms with Crippen molar-refractivity contribution < 1.29 is 9.47 Å². The molecule has 0 bridgehead atoms. The number of anilines is 1. The van der Waals surface area contributed by atoms with Crippen molar-refractivity contribution in [3.8, 4) is 11.3 Å². The summed E-state index contributed by atoms with van der Waals surface area (Å²) < 4.78 is 10.9. The molecule has 1 aromatic heterocycles. The summed E-state index contributed by atoms with van der Waals surface area (Å²) in [5, 5.41) is 11.7. The van der Waals surface area contributed by atoms with E-state index in [2.05, 4.69) is 46.7 Å². The molecule has 1 fully saturated rings. The average Bonchev–Trinajstić information content (AvgIpc) is 2.55. The Labute approximate surface area is 124 Å². The molecule has 5 heteroatoms. The van der Waals surface area contributed by atoms with Crippen molar-refractivity contribution >= 4 is 5.82 Å². The lowest BCUT2D eigenvalue weighted by Gasteiger charge is -2.23. The standard InChI is InChI=1S/C16H19N3O2/c1-12-2-4-13(5-3-12)15-6-7-16(19-18-15)17-10-14-11-20-8-9-21-14/h2-7,14H,8-11H2,1H3,(H,17,19)/t14-/m0/s1. The van der Waals surface area contributed by atoms with Gasteiger partial charge in [-0.3, -0.25) is 0 Å². The Morgan fingerprint density at radius 2 is 1.95 bits per heavy atom. The maximum Gasteiger partial charge on any atom is 0.148 e. The Bertz CT molecular complexity index is 563. The number of nitrogens with zero attached hydrogens (tertiary/aromatic N) is 2. The molecule has 1 N–H and O–H groups in total. The summed E-state index contributed by atoms with van der Waals surface area (Å²) in [6.45, 7) is 4.71. The number of ether oxygens (including phenoxy) is 2. The van der Waals surface area contributed by atoms with E-state index in [1.165, 1.54) is 5.56 Å². The SMILES string of the molecule is Cc1ccc(-c2ccc(NC[C@H]3COCCO3)nn2)cc1. The molecule has 0 aliphatic carbocycles. The molecule has 3 rings (SSSR count). The Morgan fingerprint density at radius 1 is 1.10 bits per heavy atom. The lowest BCUT2D eigenvalue weighted by molar-refractivity contribution is -0.0819. The first kappa shape index (κ1) is 14.0. The van der Waals surface area contributed by atoms with Crippen LogP contribution >= 0.6 is 0 Å². The third kappa shape index (κ3) is 3.77. The zero-order chi connectivity index (χ0) is 14.5. The predicted octanol–water partition coefficient (Wildman–Crippen LogP) is 2.28. The second-order valence-corrected chi connectivity index (χ2v) is 5.12. The van der Waals surface area contributed by atoms with E-state index < -0.39 is 0 Å². The number of hydrogen-bond donors (Lipinski definition) is 1. The molecule has 1 saturated heterocycles. The molecule has 2 heterocycles. The van der Waals surface area contributed by atoms with Gasteiger partial charge in [-0.05, 0) is 19.1 Å². The van der Waals surface area contributed by atoms with Gasteiger partial charge in [-0.15, -0.1) is 10.2 Å². The molecule has 0 saturated carbocycles. The lowest BCUT2D eigenvalue weighted by atomic mass is 10.1. The highest BCUT2D eigenvalue weighted by Crippen LogP contribution is 2.17. The number of aromatic nitrogens is 2. The highest BCUT2D eigenvalue weighted by molar-refractivity contribution is 5.59. The van der Waals surface area contributed by atoms with Gasteiger partial charge in [0.15, 0.2) is 0 Å². The van der Waals surface area contributed by atoms with Crippen molar-refractivity contribution in [1.29, 1.82) is 0 Å². The predicted molar refractivity (Wildman–Crippen MR) is 81.3 cm³/mol. The lowest BCUT2D eigenvalue weighted by Crippen LogP contribution is -2.34. The van der Waals surface area contributed by atoms with Crippen LogP contribution in [0.2, 0.25) is 0 Å². The fourth-order valence-electron chi connectivity index (χ4n) is 2.18. The molecule has 0 spiro atoms. The fraction of sp³-hybridized carbons (Fsp3) is 0.375. The molecule has 0 unspecified atom stereocenters. The summed E-state index contributed by atoms with van der Waals surface area (Å²) in [5.74, 6) is 0.750. The smallest absolute Gasteiger partial charge is 0.148 e. The molecule has 0 amide bonds. The van der Waals surface area contributed by atoms with E-state index in [-0.39, 0.29) is 6.10 Å². The summed E-state index contributed by atoms with van der Waals surface area (Å²) in [5.41, 5.74) is 3.18. The van der Waals surface area contributed by atoms with Crippen LogP contribution < -0.4 is 5.32 Å². The molecule has 1 aliphatic rings. The zero-order valence-electron chi connectivity index (χ0n) is 12.1. The van der Waals surface area contributed by atoms with E-state index in [9.17, 15) is 0 Å². The normalized spacial score (nSPS) is 18.4. The van der Waals surface area contributed by atoms with Gasteiger partial charge in [-0.25, -0.2) is 0 Å². The maximum absolute atomic E-state index is 5.57. The fourth-order valence-corrected chi connectivity index (χ4v) is 2.18. The molecule has 5 nitrogen and oxygen atoms in total. The molecule has 0 radical (unpaired) electrons. The third-order valence-corrected chi connectivity index (χ3v) is 3.41. The largest absolute Gasteiger partial charge is 0.376 e. The van der Waals surface area contributed by atoms with E-state index in [4.69, 9.17) is 9.47 Å². The quantitative estimate of drug-likeness (QED) is 0.934. The first-order chi connectivity index (χ1) is 10.3. The van der Waals surface area contributed by atoms with Crippen molar-refractivity contribution in [3.63, 3.8) is 0 Å². The molecule has 110 valence electrons. The van der Waals surface area contributed by atoms with Crippen LogP contribution in [0.15, 0.2) is 36.4 Å². The Hall–Kier alpha value is -1.98. The summed E-state index contributed by atoms with van der Waals surface area (Å²) in [7, 11) is 0. The summed E-state index contributed by atoms with van der Waals surface area (Å²) >= 11 is 0. The molecule has 21 heavy (non-hydrogen) atoms. The van der Waals surface area contributed by atoms with Gasteiger partial charge >= 0.3 is 0 Å². The summed E-state index contributed by atoms with van der Waals surface area (Å²) in [4.78, 5) is 0. The molecule has 1 aromatic carbocycles. The van der Waals surface area contributed by atoms with Crippen LogP contribution in [0.4, 0.5) is 5.82 Å². The van der Waals surface area contributed by atoms with Crippen LogP contribution in [0.5, 0.6) is 0 Å². The topological polar surface area (TPSA) is 56.3 Å². The van der Waals surface area contributed by atoms with Crippen LogP contribution in [0.3, 0.4) is 0 Å². The van der Waals surface area contributed by atoms with E-state index in [0.717, 1.165) is 17.1 Å². The zero-order valence-corrected chi connectivity index (χ0v) is 12.1. The van der Waals surface area contributed by atoms with Gasteiger partial charge in [0, 0.05) is 12.1 Å². The second kappa shape index (κ2) is 6.65. The Morgan fingerprint density at radius 3 is 2.62 bits per heavy atom. The monoisotopic (exact) mass is 285 g/mol. The van der Waals surface area contributed by atoms with Crippen LogP contribution in [-0.2, 0) is 9.47 Å². The van der Waals surface area contributed by atoms with Crippen molar-refractivity contribution in [2.45, 2.75) is 13.0 Å². The minimum absolute atomic E-state index is 0.0809. The Balaban J connectivity index is 1.59. The number of rotatable bonds is 4. The Kier molecular flexibility index (Phi) is 4.43. The van der Waals surface area contributed by atoms with Crippen LogP contribution in [-0.4, -0.2) is 42.7 Å². The van der Waals surface area contributed by atoms with Crippen LogP contribution in [0.25, 0.3) is 11.3 Å². The van der Waals surface area contributed by atoms with E-state index in [1.807, 2.05) is 12.1 Å². The first-order valence-corrected chi connectivity index (χ1v) is 7.15. The van der Waals surface area contributed by atoms with Gasteiger partial charge in [-0.2, -0.15) is 0 Å². The minimum Gasteiger partial charge on any atom is -0.376 e. The van der Waals surface area contributed by atoms with E-state index >= 15 is 0 Å². The van der Waals surface area contributed by atoms with Gasteiger partial charge in [0.2, 0.25) is 0 Å². The molecule has 1 aliphatic heterocycles. The van der Waals surface area contributed by atoms with Gasteiger partial charge in [0.05, 0.1) is 31.6 Å². The minimum atomic E-state index is 0.0809. The second-order valence-electron chi connectivity index (χ2n) is 5.12. The van der Waals surface area contributed by atoms with Crippen LogP contribution in [0.1, 0.15) is 5.56 Å². The van der Waals surface area contributed by atoms with Crippen molar-refractivity contribution in [2.75, 3.05) is 31.7 Å². The molecule has 2 aromatic rings. The number of hydrogen-bond acceptors (Lipinski definition) is 5. The van der Waals surface area contributed by atoms with Crippen LogP contribution in [0, 0.1) is 6.92 Å². The summed E-state index contributed by atoms with van der Waals surface area (Å²) in [6, 6.07) is 12.2. The average molecular weight is 285 g/mol. The highest BCUT2D eigenvalue weighted by atomic mass is 16.6. The number of nitrogens with one attached hydrogen (secondary N) is 1. The van der Waals surface area contributed by atoms with Gasteiger partial charge < -0.3 is 14.8 Å². The summed E-state index contributed by atoms with van der Waals surface area (Å²) in [6.07, 6.45) is 0.0809.